The van der Waals surface area contributed by atoms with Crippen LogP contribution in [0.5, 0.6) is 0 Å². The third kappa shape index (κ3) is 3.66. The van der Waals surface area contributed by atoms with Gasteiger partial charge in [-0.15, -0.1) is 0 Å². The molecule has 2 aliphatic carbocycles. The molecule has 0 spiro atoms. The topological polar surface area (TPSA) is 37.3 Å². The van der Waals surface area contributed by atoms with Gasteiger partial charge in [-0.05, 0) is 29.2 Å². The Labute approximate surface area is 122 Å². The minimum Gasteiger partial charge on any atom is -0.476 e. The second kappa shape index (κ2) is 6.66. The van der Waals surface area contributed by atoms with Crippen LogP contribution in [-0.4, -0.2) is 11.1 Å². The van der Waals surface area contributed by atoms with E-state index in [1.807, 2.05) is 48.5 Å². The minimum absolute atomic E-state index is 0.0888. The van der Waals surface area contributed by atoms with E-state index >= 15 is 0 Å². The van der Waals surface area contributed by atoms with Crippen LogP contribution in [0.15, 0.2) is 72.1 Å². The number of halogens is 1. The molecule has 0 fully saturated rings. The zero-order valence-electron chi connectivity index (χ0n) is 11.6. The third-order valence-electron chi connectivity index (χ3n) is 3.09. The molecule has 0 radical (unpaired) electrons. The average Bonchev–Trinajstić information content (AvgIpc) is 2.70. The van der Waals surface area contributed by atoms with Crippen LogP contribution in [0.3, 0.4) is 0 Å². The zero-order valence-corrected chi connectivity index (χ0v) is 11.6. The van der Waals surface area contributed by atoms with Crippen molar-refractivity contribution in [3.63, 3.8) is 0 Å². The minimum atomic E-state index is -1.55. The first-order valence-electron chi connectivity index (χ1n) is 6.52. The van der Waals surface area contributed by atoms with Crippen molar-refractivity contribution < 1.29 is 14.3 Å². The van der Waals surface area contributed by atoms with Gasteiger partial charge in [0.15, 0.2) is 0 Å². The summed E-state index contributed by atoms with van der Waals surface area (Å²) in [4.78, 5) is 10.5. The monoisotopic (exact) mass is 282 g/mol. The first-order chi connectivity index (χ1) is 10.1. The highest BCUT2D eigenvalue weighted by molar-refractivity contribution is 5.85. The molecule has 0 saturated heterocycles. The summed E-state index contributed by atoms with van der Waals surface area (Å²) in [5, 5.41) is 8.52. The van der Waals surface area contributed by atoms with Crippen molar-refractivity contribution in [1.82, 2.24) is 0 Å². The first kappa shape index (κ1) is 14.7. The SMILES string of the molecule is CC(/C=C/C=C/c1ccc2cccccc1-2)=C(\F)C(=O)O. The van der Waals surface area contributed by atoms with Gasteiger partial charge in [0.05, 0.1) is 0 Å². The Balaban J connectivity index is 2.16. The van der Waals surface area contributed by atoms with Crippen molar-refractivity contribution in [1.29, 1.82) is 0 Å². The second-order valence-electron chi connectivity index (χ2n) is 4.59. The number of carboxylic acids is 1. The Morgan fingerprint density at radius 2 is 1.86 bits per heavy atom. The lowest BCUT2D eigenvalue weighted by atomic mass is 10.1. The molecule has 1 N–H and O–H groups in total. The van der Waals surface area contributed by atoms with E-state index in [2.05, 4.69) is 0 Å². The van der Waals surface area contributed by atoms with Crippen LogP contribution in [0.25, 0.3) is 17.2 Å². The highest BCUT2D eigenvalue weighted by Crippen LogP contribution is 2.27. The fourth-order valence-corrected chi connectivity index (χ4v) is 1.99. The number of hydrogen-bond donors (Lipinski definition) is 1. The Morgan fingerprint density at radius 3 is 2.62 bits per heavy atom. The van der Waals surface area contributed by atoms with Crippen LogP contribution in [0, 0.1) is 0 Å². The number of allylic oxidation sites excluding steroid dienone is 4. The van der Waals surface area contributed by atoms with Crippen molar-refractivity contribution >= 4 is 12.0 Å². The summed E-state index contributed by atoms with van der Waals surface area (Å²) in [6.07, 6.45) is 6.73. The predicted octanol–water partition coefficient (Wildman–Crippen LogP) is 4.69. The van der Waals surface area contributed by atoms with Crippen LogP contribution < -0.4 is 0 Å². The van der Waals surface area contributed by atoms with E-state index in [1.165, 1.54) is 13.0 Å². The molecule has 106 valence electrons. The van der Waals surface area contributed by atoms with Gasteiger partial charge in [-0.1, -0.05) is 66.8 Å². The van der Waals surface area contributed by atoms with Gasteiger partial charge in [0.25, 0.3) is 0 Å². The van der Waals surface area contributed by atoms with E-state index in [0.29, 0.717) is 0 Å². The van der Waals surface area contributed by atoms with Gasteiger partial charge >= 0.3 is 5.97 Å². The fourth-order valence-electron chi connectivity index (χ4n) is 1.99. The van der Waals surface area contributed by atoms with Crippen LogP contribution in [-0.2, 0) is 4.79 Å². The molecule has 0 atom stereocenters. The normalized spacial score (nSPS) is 13.0. The summed E-state index contributed by atoms with van der Waals surface area (Å²) in [5.74, 6) is -2.68. The van der Waals surface area contributed by atoms with Gasteiger partial charge < -0.3 is 5.11 Å². The molecule has 3 heteroatoms. The van der Waals surface area contributed by atoms with E-state index in [9.17, 15) is 9.18 Å². The molecule has 0 saturated carbocycles. The number of carbonyl (C=O) groups is 1. The van der Waals surface area contributed by atoms with Crippen LogP contribution >= 0.6 is 0 Å². The molecule has 0 amide bonds. The van der Waals surface area contributed by atoms with Crippen molar-refractivity contribution in [2.75, 3.05) is 0 Å². The van der Waals surface area contributed by atoms with Crippen molar-refractivity contribution in [3.8, 4) is 11.1 Å². The quantitative estimate of drug-likeness (QED) is 0.652. The second-order valence-corrected chi connectivity index (χ2v) is 4.59. The summed E-state index contributed by atoms with van der Waals surface area (Å²) < 4.78 is 13.1. The van der Waals surface area contributed by atoms with Crippen LogP contribution in [0.4, 0.5) is 4.39 Å². The molecule has 0 aromatic carbocycles. The number of rotatable bonds is 4. The van der Waals surface area contributed by atoms with Crippen molar-refractivity contribution in [2.45, 2.75) is 6.92 Å². The Hall–Kier alpha value is -2.68. The van der Waals surface area contributed by atoms with E-state index in [0.717, 1.165) is 16.7 Å². The summed E-state index contributed by atoms with van der Waals surface area (Å²) in [7, 11) is 0. The molecule has 0 aliphatic heterocycles. The Bertz CT molecular complexity index is 711. The molecule has 21 heavy (non-hydrogen) atoms. The Kier molecular flexibility index (Phi) is 4.67. The van der Waals surface area contributed by atoms with Crippen molar-refractivity contribution in [3.05, 3.63) is 77.7 Å². The summed E-state index contributed by atoms with van der Waals surface area (Å²) in [6.45, 7) is 1.42. The smallest absolute Gasteiger partial charge is 0.365 e. The van der Waals surface area contributed by atoms with Gasteiger partial charge in [0, 0.05) is 0 Å². The lowest BCUT2D eigenvalue weighted by Gasteiger charge is -1.94. The number of fused-ring (bicyclic) bond motifs is 1. The van der Waals surface area contributed by atoms with Gasteiger partial charge in [0.2, 0.25) is 5.83 Å². The van der Waals surface area contributed by atoms with Crippen molar-refractivity contribution in [2.24, 2.45) is 0 Å². The predicted molar refractivity (Wildman–Crippen MR) is 82.7 cm³/mol. The molecule has 0 aromatic rings. The molecule has 0 bridgehead atoms. The molecule has 0 aromatic heterocycles. The number of carboxylic acid groups (broad SMARTS) is 1. The zero-order chi connectivity index (χ0) is 15.2. The van der Waals surface area contributed by atoms with E-state index in [-0.39, 0.29) is 5.57 Å². The maximum atomic E-state index is 13.1. The third-order valence-corrected chi connectivity index (χ3v) is 3.09. The number of aliphatic carboxylic acids is 1. The lowest BCUT2D eigenvalue weighted by molar-refractivity contribution is -0.134. The Morgan fingerprint density at radius 1 is 1.10 bits per heavy atom. The standard InChI is InChI=1S/C18H15FO2/c1-13(17(19)18(20)21)7-5-6-9-15-12-11-14-8-3-2-4-10-16(14)15/h2-12H,1H3,(H,20,21)/b7-5+,9-6+,17-13+. The highest BCUT2D eigenvalue weighted by Gasteiger charge is 2.07. The van der Waals surface area contributed by atoms with Crippen LogP contribution in [0.1, 0.15) is 12.5 Å². The summed E-state index contributed by atoms with van der Waals surface area (Å²) >= 11 is 0. The number of hydrogen-bond acceptors (Lipinski definition) is 1. The largest absolute Gasteiger partial charge is 0.476 e. The lowest BCUT2D eigenvalue weighted by Crippen LogP contribution is -1.96. The van der Waals surface area contributed by atoms with Gasteiger partial charge in [-0.3, -0.25) is 0 Å². The molecule has 2 rings (SSSR count). The maximum absolute atomic E-state index is 13.1. The van der Waals surface area contributed by atoms with E-state index < -0.39 is 11.8 Å². The van der Waals surface area contributed by atoms with Gasteiger partial charge in [0.1, 0.15) is 0 Å². The molecule has 0 unspecified atom stereocenters. The molecule has 0 heterocycles. The maximum Gasteiger partial charge on any atom is 0.365 e. The molecule has 2 nitrogen and oxygen atoms in total. The van der Waals surface area contributed by atoms with Gasteiger partial charge in [-0.25, -0.2) is 4.79 Å². The van der Waals surface area contributed by atoms with E-state index in [1.54, 1.807) is 12.2 Å². The highest BCUT2D eigenvalue weighted by atomic mass is 19.1. The summed E-state index contributed by atoms with van der Waals surface area (Å²) in [6, 6.07) is 14.1. The fraction of sp³-hybridized carbons (Fsp3) is 0.0556. The molecular formula is C18H15FO2. The van der Waals surface area contributed by atoms with Gasteiger partial charge in [-0.2, -0.15) is 4.39 Å². The average molecular weight is 282 g/mol. The van der Waals surface area contributed by atoms with Crippen LogP contribution in [0.2, 0.25) is 0 Å². The molecular weight excluding hydrogens is 267 g/mol. The summed E-state index contributed by atoms with van der Waals surface area (Å²) in [5.41, 5.74) is 3.43. The molecule has 2 aliphatic rings. The first-order valence-corrected chi connectivity index (χ1v) is 6.52. The van der Waals surface area contributed by atoms with E-state index in [4.69, 9.17) is 5.11 Å².